The minimum absolute atomic E-state index is 0.0330. The summed E-state index contributed by atoms with van der Waals surface area (Å²) in [5.41, 5.74) is 0. The predicted molar refractivity (Wildman–Crippen MR) is 76.2 cm³/mol. The van der Waals surface area contributed by atoms with Gasteiger partial charge in [-0.15, -0.1) is 0 Å². The Morgan fingerprint density at radius 3 is 2.22 bits per heavy atom. The van der Waals surface area contributed by atoms with Crippen molar-refractivity contribution in [2.24, 2.45) is 0 Å². The maximum atomic E-state index is 11.7. The van der Waals surface area contributed by atoms with E-state index in [1.165, 1.54) is 4.31 Å². The molecule has 1 saturated heterocycles. The van der Waals surface area contributed by atoms with E-state index < -0.39 is 10.0 Å². The largest absolute Gasteiger partial charge is 0.338 e. The van der Waals surface area contributed by atoms with Gasteiger partial charge in [-0.2, -0.15) is 4.31 Å². The van der Waals surface area contributed by atoms with Gasteiger partial charge in [0.2, 0.25) is 16.0 Å². The highest BCUT2D eigenvalue weighted by molar-refractivity contribution is 9.10. The first-order valence-corrected chi connectivity index (χ1v) is 8.81. The Morgan fingerprint density at radius 1 is 1.17 bits per heavy atom. The van der Waals surface area contributed by atoms with E-state index in [-0.39, 0.29) is 4.66 Å². The number of piperazine rings is 1. The van der Waals surface area contributed by atoms with Gasteiger partial charge in [0.15, 0.2) is 0 Å². The second-order valence-electron chi connectivity index (χ2n) is 3.81. The number of alkyl halides is 1. The zero-order valence-electron chi connectivity index (χ0n) is 9.46. The third-order valence-electron chi connectivity index (χ3n) is 2.66. The fourth-order valence-corrected chi connectivity index (χ4v) is 3.64. The van der Waals surface area contributed by atoms with Crippen molar-refractivity contribution < 1.29 is 8.42 Å². The van der Waals surface area contributed by atoms with Crippen molar-refractivity contribution in [1.82, 2.24) is 14.3 Å². The molecule has 0 radical (unpaired) electrons. The summed E-state index contributed by atoms with van der Waals surface area (Å²) in [5, 5.41) is 0. The van der Waals surface area contributed by atoms with Gasteiger partial charge in [-0.1, -0.05) is 15.9 Å². The number of nitrogens with zero attached hydrogens (tertiary/aromatic N) is 4. The summed E-state index contributed by atoms with van der Waals surface area (Å²) < 4.78 is 25.6. The van der Waals surface area contributed by atoms with E-state index in [1.807, 2.05) is 4.90 Å². The number of anilines is 1. The molecule has 0 N–H and O–H groups in total. The maximum absolute atomic E-state index is 11.7. The van der Waals surface area contributed by atoms with Crippen LogP contribution in [-0.4, -0.2) is 53.5 Å². The van der Waals surface area contributed by atoms with Gasteiger partial charge in [0, 0.05) is 38.6 Å². The Hall–Kier alpha value is -0.250. The highest BCUT2D eigenvalue weighted by Crippen LogP contribution is 2.15. The Kier molecular flexibility index (Phi) is 4.57. The van der Waals surface area contributed by atoms with Gasteiger partial charge < -0.3 is 4.90 Å². The monoisotopic (exact) mass is 398 g/mol. The van der Waals surface area contributed by atoms with Gasteiger partial charge >= 0.3 is 0 Å². The lowest BCUT2D eigenvalue weighted by atomic mass is 10.4. The normalized spacial score (nSPS) is 18.0. The topological polar surface area (TPSA) is 66.4 Å². The maximum Gasteiger partial charge on any atom is 0.225 e. The molecule has 0 bridgehead atoms. The van der Waals surface area contributed by atoms with E-state index in [4.69, 9.17) is 0 Å². The zero-order chi connectivity index (χ0) is 13.2. The minimum Gasteiger partial charge on any atom is -0.338 e. The molecule has 1 aliphatic heterocycles. The van der Waals surface area contributed by atoms with Gasteiger partial charge in [-0.05, 0) is 15.9 Å². The van der Waals surface area contributed by atoms with Gasteiger partial charge in [-0.25, -0.2) is 18.4 Å². The number of hydrogen-bond donors (Lipinski definition) is 0. The van der Waals surface area contributed by atoms with Crippen molar-refractivity contribution >= 4 is 47.8 Å². The van der Waals surface area contributed by atoms with E-state index >= 15 is 0 Å². The first-order chi connectivity index (χ1) is 8.53. The number of aromatic nitrogens is 2. The molecule has 0 saturated carbocycles. The molecule has 2 heterocycles. The molecule has 2 rings (SSSR count). The molecule has 9 heteroatoms. The van der Waals surface area contributed by atoms with Gasteiger partial charge in [-0.3, -0.25) is 0 Å². The molecular formula is C9H12Br2N4O2S. The molecule has 0 spiro atoms. The van der Waals surface area contributed by atoms with E-state index in [0.717, 1.165) is 4.47 Å². The minimum atomic E-state index is -3.16. The second kappa shape index (κ2) is 5.81. The lowest BCUT2D eigenvalue weighted by molar-refractivity contribution is 0.385. The molecule has 18 heavy (non-hydrogen) atoms. The molecule has 0 aromatic carbocycles. The molecule has 100 valence electrons. The average molecular weight is 400 g/mol. The van der Waals surface area contributed by atoms with Crippen LogP contribution >= 0.6 is 31.9 Å². The van der Waals surface area contributed by atoms with Crippen LogP contribution in [0.2, 0.25) is 0 Å². The van der Waals surface area contributed by atoms with E-state index in [0.29, 0.717) is 32.1 Å². The van der Waals surface area contributed by atoms with Gasteiger partial charge in [0.05, 0.1) is 4.47 Å². The van der Waals surface area contributed by atoms with Crippen LogP contribution in [0.5, 0.6) is 0 Å². The fraction of sp³-hybridized carbons (Fsp3) is 0.556. The Bertz CT molecular complexity index is 500. The second-order valence-corrected chi connectivity index (χ2v) is 8.00. The van der Waals surface area contributed by atoms with Crippen molar-refractivity contribution in [2.75, 3.05) is 35.7 Å². The molecule has 0 aliphatic carbocycles. The summed E-state index contributed by atoms with van der Waals surface area (Å²) in [6.45, 7) is 2.14. The van der Waals surface area contributed by atoms with Crippen LogP contribution in [0.4, 0.5) is 5.95 Å². The Labute approximate surface area is 123 Å². The van der Waals surface area contributed by atoms with Crippen molar-refractivity contribution in [3.05, 3.63) is 16.9 Å². The molecule has 0 amide bonds. The summed E-state index contributed by atoms with van der Waals surface area (Å²) in [6.07, 6.45) is 3.37. The number of halogens is 2. The SMILES string of the molecule is O=S(=O)(CBr)N1CCN(c2ncc(Br)cn2)CC1. The van der Waals surface area contributed by atoms with Crippen molar-refractivity contribution in [3.63, 3.8) is 0 Å². The van der Waals surface area contributed by atoms with E-state index in [1.54, 1.807) is 12.4 Å². The third kappa shape index (κ3) is 3.19. The molecule has 0 unspecified atom stereocenters. The fourth-order valence-electron chi connectivity index (χ4n) is 1.70. The molecule has 0 atom stereocenters. The Balaban J connectivity index is 2.01. The summed E-state index contributed by atoms with van der Waals surface area (Å²) >= 11 is 6.28. The molecule has 1 aromatic heterocycles. The summed E-state index contributed by atoms with van der Waals surface area (Å²) in [4.78, 5) is 10.4. The summed E-state index contributed by atoms with van der Waals surface area (Å²) in [6, 6.07) is 0. The standard InChI is InChI=1S/C9H12Br2N4O2S/c10-7-18(16,17)15-3-1-14(2-4-15)9-12-5-8(11)6-13-9/h5-6H,1-4,7H2. The molecule has 1 fully saturated rings. The lowest BCUT2D eigenvalue weighted by Crippen LogP contribution is -2.49. The van der Waals surface area contributed by atoms with Crippen LogP contribution in [0.3, 0.4) is 0 Å². The predicted octanol–water partition coefficient (Wildman–Crippen LogP) is 1.04. The summed E-state index contributed by atoms with van der Waals surface area (Å²) in [7, 11) is -3.16. The molecule has 6 nitrogen and oxygen atoms in total. The highest BCUT2D eigenvalue weighted by Gasteiger charge is 2.26. The zero-order valence-corrected chi connectivity index (χ0v) is 13.4. The van der Waals surface area contributed by atoms with Gasteiger partial charge in [0.25, 0.3) is 0 Å². The van der Waals surface area contributed by atoms with E-state index in [2.05, 4.69) is 41.8 Å². The van der Waals surface area contributed by atoms with E-state index in [9.17, 15) is 8.42 Å². The van der Waals surface area contributed by atoms with Crippen LogP contribution in [0.25, 0.3) is 0 Å². The molecule has 1 aliphatic rings. The number of hydrogen-bond acceptors (Lipinski definition) is 5. The van der Waals surface area contributed by atoms with Crippen molar-refractivity contribution in [1.29, 1.82) is 0 Å². The molecular weight excluding hydrogens is 388 g/mol. The average Bonchev–Trinajstić information content (AvgIpc) is 2.40. The van der Waals surface area contributed by atoms with Crippen LogP contribution in [-0.2, 0) is 10.0 Å². The highest BCUT2D eigenvalue weighted by atomic mass is 79.9. The van der Waals surface area contributed by atoms with Crippen LogP contribution in [0.1, 0.15) is 0 Å². The van der Waals surface area contributed by atoms with Crippen molar-refractivity contribution in [3.8, 4) is 0 Å². The lowest BCUT2D eigenvalue weighted by Gasteiger charge is -2.33. The van der Waals surface area contributed by atoms with Crippen LogP contribution in [0.15, 0.2) is 16.9 Å². The quantitative estimate of drug-likeness (QED) is 0.710. The van der Waals surface area contributed by atoms with Gasteiger partial charge in [0.1, 0.15) is 4.66 Å². The third-order valence-corrected chi connectivity index (χ3v) is 6.23. The number of sulfonamides is 1. The van der Waals surface area contributed by atoms with Crippen LogP contribution in [0, 0.1) is 0 Å². The first kappa shape index (κ1) is 14.2. The smallest absolute Gasteiger partial charge is 0.225 e. The molecule has 1 aromatic rings. The Morgan fingerprint density at radius 2 is 1.72 bits per heavy atom. The number of rotatable bonds is 3. The summed E-state index contributed by atoms with van der Waals surface area (Å²) in [5.74, 6) is 0.633. The first-order valence-electron chi connectivity index (χ1n) is 5.29. The van der Waals surface area contributed by atoms with Crippen molar-refractivity contribution in [2.45, 2.75) is 0 Å². The van der Waals surface area contributed by atoms with Crippen LogP contribution < -0.4 is 4.90 Å².